The molecule has 0 amide bonds. The van der Waals surface area contributed by atoms with Crippen molar-refractivity contribution in [1.29, 1.82) is 5.26 Å². The van der Waals surface area contributed by atoms with E-state index in [2.05, 4.69) is 10.1 Å². The Bertz CT molecular complexity index is 771. The van der Waals surface area contributed by atoms with Crippen molar-refractivity contribution in [3.05, 3.63) is 24.2 Å². The van der Waals surface area contributed by atoms with Gasteiger partial charge in [-0.05, 0) is 19.1 Å². The summed E-state index contributed by atoms with van der Waals surface area (Å²) in [5.41, 5.74) is 1.59. The fourth-order valence-corrected chi connectivity index (χ4v) is 2.82. The van der Waals surface area contributed by atoms with Gasteiger partial charge in [-0.15, -0.1) is 0 Å². The Kier molecular flexibility index (Phi) is 3.07. The molecule has 4 N–H and O–H groups in total. The lowest BCUT2D eigenvalue weighted by Gasteiger charge is -2.30. The van der Waals surface area contributed by atoms with Crippen molar-refractivity contribution in [2.75, 3.05) is 12.3 Å². The third-order valence-electron chi connectivity index (χ3n) is 4.10. The number of alkyl halides is 1. The number of rotatable bonds is 2. The number of hydrogen-bond donors (Lipinski definition) is 3. The number of fused-ring (bicyclic) bond motifs is 1. The van der Waals surface area contributed by atoms with Gasteiger partial charge in [-0.1, -0.05) is 0 Å². The van der Waals surface area contributed by atoms with Crippen LogP contribution in [0.1, 0.15) is 12.6 Å². The maximum absolute atomic E-state index is 15.2. The van der Waals surface area contributed by atoms with Crippen molar-refractivity contribution in [3.63, 3.8) is 0 Å². The smallest absolute Gasteiger partial charge is 0.233 e. The van der Waals surface area contributed by atoms with Crippen LogP contribution in [0.2, 0.25) is 0 Å². The molecule has 0 unspecified atom stereocenters. The second-order valence-corrected chi connectivity index (χ2v) is 5.31. The van der Waals surface area contributed by atoms with Crippen LogP contribution >= 0.6 is 0 Å². The summed E-state index contributed by atoms with van der Waals surface area (Å²) in [6.45, 7) is 0.436. The van der Waals surface area contributed by atoms with Gasteiger partial charge in [0.15, 0.2) is 11.5 Å². The molecule has 1 fully saturated rings. The van der Waals surface area contributed by atoms with E-state index in [1.165, 1.54) is 23.0 Å². The Morgan fingerprint density at radius 3 is 2.91 bits per heavy atom. The van der Waals surface area contributed by atoms with Gasteiger partial charge in [0.1, 0.15) is 30.1 Å². The van der Waals surface area contributed by atoms with E-state index >= 15 is 4.39 Å². The molecule has 0 bridgehead atoms. The molecule has 4 atom stereocenters. The zero-order valence-electron chi connectivity index (χ0n) is 11.6. The minimum absolute atomic E-state index is 0.0686. The second kappa shape index (κ2) is 4.61. The molecule has 8 nitrogen and oxygen atoms in total. The molecule has 0 aromatic carbocycles. The predicted molar refractivity (Wildman–Crippen MR) is 72.2 cm³/mol. The molecule has 9 heteroatoms. The molecule has 22 heavy (non-hydrogen) atoms. The van der Waals surface area contributed by atoms with E-state index in [0.29, 0.717) is 5.52 Å². The van der Waals surface area contributed by atoms with E-state index < -0.39 is 30.1 Å². The molecule has 116 valence electrons. The number of aliphatic hydroxyl groups is 2. The predicted octanol–water partition coefficient (Wildman–Crippen LogP) is -0.489. The third-order valence-corrected chi connectivity index (χ3v) is 4.10. The van der Waals surface area contributed by atoms with Crippen LogP contribution in [0, 0.1) is 11.3 Å². The van der Waals surface area contributed by atoms with Crippen molar-refractivity contribution < 1.29 is 19.3 Å². The summed E-state index contributed by atoms with van der Waals surface area (Å²) in [4.78, 5) is 3.82. The van der Waals surface area contributed by atoms with Crippen molar-refractivity contribution in [1.82, 2.24) is 14.6 Å². The van der Waals surface area contributed by atoms with Gasteiger partial charge < -0.3 is 20.7 Å². The van der Waals surface area contributed by atoms with Crippen LogP contribution in [-0.2, 0) is 10.3 Å². The lowest BCUT2D eigenvalue weighted by Crippen LogP contribution is -2.48. The van der Waals surface area contributed by atoms with Crippen molar-refractivity contribution >= 4 is 11.3 Å². The molecule has 0 radical (unpaired) electrons. The highest BCUT2D eigenvalue weighted by molar-refractivity contribution is 5.66. The Balaban J connectivity index is 2.27. The number of anilines is 1. The fourth-order valence-electron chi connectivity index (χ4n) is 2.82. The number of nitrogen functional groups attached to an aromatic ring is 1. The van der Waals surface area contributed by atoms with Crippen LogP contribution in [0.4, 0.5) is 10.2 Å². The molecule has 0 spiro atoms. The molecule has 1 aliphatic heterocycles. The Labute approximate surface area is 124 Å². The number of aliphatic hydroxyl groups excluding tert-OH is 2. The number of halogens is 1. The highest BCUT2D eigenvalue weighted by Gasteiger charge is 2.66. The molecule has 1 aliphatic rings. The molecule has 0 saturated carbocycles. The Morgan fingerprint density at radius 2 is 2.32 bits per heavy atom. The number of ether oxygens (including phenoxy) is 1. The van der Waals surface area contributed by atoms with Gasteiger partial charge in [0.2, 0.25) is 5.60 Å². The maximum Gasteiger partial charge on any atom is 0.233 e. The summed E-state index contributed by atoms with van der Waals surface area (Å²) < 4.78 is 21.8. The van der Waals surface area contributed by atoms with Crippen LogP contribution in [0.25, 0.3) is 5.52 Å². The van der Waals surface area contributed by atoms with Gasteiger partial charge in [-0.25, -0.2) is 13.9 Å². The number of nitrogens with zero attached hydrogens (tertiary/aromatic N) is 4. The van der Waals surface area contributed by atoms with E-state index in [-0.39, 0.29) is 11.5 Å². The quantitative estimate of drug-likeness (QED) is 0.682. The summed E-state index contributed by atoms with van der Waals surface area (Å²) >= 11 is 0. The number of hydrogen-bond acceptors (Lipinski definition) is 7. The van der Waals surface area contributed by atoms with E-state index in [1.807, 2.05) is 0 Å². The molecule has 3 heterocycles. The van der Waals surface area contributed by atoms with Crippen LogP contribution in [-0.4, -0.2) is 49.3 Å². The van der Waals surface area contributed by atoms with Gasteiger partial charge >= 0.3 is 0 Å². The largest absolute Gasteiger partial charge is 0.394 e. The van der Waals surface area contributed by atoms with Crippen LogP contribution in [0.5, 0.6) is 0 Å². The van der Waals surface area contributed by atoms with E-state index in [1.54, 1.807) is 6.07 Å². The first kappa shape index (κ1) is 14.6. The van der Waals surface area contributed by atoms with E-state index in [0.717, 1.165) is 6.92 Å². The minimum atomic E-state index is -2.46. The summed E-state index contributed by atoms with van der Waals surface area (Å²) in [5.74, 6) is 0.159. The first-order valence-corrected chi connectivity index (χ1v) is 6.54. The monoisotopic (exact) mass is 307 g/mol. The molecule has 2 aromatic heterocycles. The van der Waals surface area contributed by atoms with Crippen molar-refractivity contribution in [3.8, 4) is 6.07 Å². The highest BCUT2D eigenvalue weighted by Crippen LogP contribution is 2.49. The van der Waals surface area contributed by atoms with E-state index in [4.69, 9.17) is 10.5 Å². The SMILES string of the molecule is C[C@@]1(F)[C@H](O)[C@@H](CO)O[C@@]1(C#N)c1ccc2c(N)ncnn12. The average molecular weight is 307 g/mol. The molecular formula is C13H14FN5O3. The van der Waals surface area contributed by atoms with Crippen molar-refractivity contribution in [2.24, 2.45) is 0 Å². The second-order valence-electron chi connectivity index (χ2n) is 5.31. The Morgan fingerprint density at radius 1 is 1.59 bits per heavy atom. The topological polar surface area (TPSA) is 130 Å². The lowest BCUT2D eigenvalue weighted by atomic mass is 9.82. The third kappa shape index (κ3) is 1.60. The molecule has 2 aromatic rings. The van der Waals surface area contributed by atoms with Gasteiger partial charge in [0.05, 0.1) is 12.3 Å². The maximum atomic E-state index is 15.2. The molecule has 3 rings (SSSR count). The fraction of sp³-hybridized carbons (Fsp3) is 0.462. The summed E-state index contributed by atoms with van der Waals surface area (Å²) in [6, 6.07) is 4.75. The molecule has 1 saturated heterocycles. The van der Waals surface area contributed by atoms with E-state index in [9.17, 15) is 15.5 Å². The average Bonchev–Trinajstić information content (AvgIpc) is 3.01. The zero-order valence-corrected chi connectivity index (χ0v) is 11.6. The van der Waals surface area contributed by atoms with Crippen LogP contribution < -0.4 is 5.73 Å². The summed E-state index contributed by atoms with van der Waals surface area (Å²) in [6.07, 6.45) is -1.72. The van der Waals surface area contributed by atoms with Crippen LogP contribution in [0.15, 0.2) is 18.5 Å². The van der Waals surface area contributed by atoms with Gasteiger partial charge in [0.25, 0.3) is 0 Å². The van der Waals surface area contributed by atoms with Gasteiger partial charge in [-0.2, -0.15) is 10.4 Å². The normalized spacial score (nSPS) is 34.9. The highest BCUT2D eigenvalue weighted by atomic mass is 19.1. The number of aromatic nitrogens is 3. The summed E-state index contributed by atoms with van der Waals surface area (Å²) in [7, 11) is 0. The number of nitrogens with two attached hydrogens (primary N) is 1. The molecule has 0 aliphatic carbocycles. The van der Waals surface area contributed by atoms with Gasteiger partial charge in [0, 0.05) is 0 Å². The van der Waals surface area contributed by atoms with Crippen LogP contribution in [0.3, 0.4) is 0 Å². The Hall–Kier alpha value is -2.28. The zero-order chi connectivity index (χ0) is 16.1. The molecular weight excluding hydrogens is 293 g/mol. The standard InChI is InChI=1S/C13H14FN5O3/c1-12(14)10(21)8(4-20)22-13(12,5-15)9-3-2-7-11(16)17-6-18-19(7)9/h2-3,6,8,10,20-21H,4H2,1H3,(H2,16,17,18)/t8-,10-,12-,13+/m1/s1. The van der Waals surface area contributed by atoms with Crippen molar-refractivity contribution in [2.45, 2.75) is 30.4 Å². The number of nitriles is 1. The first-order chi connectivity index (χ1) is 10.4. The van der Waals surface area contributed by atoms with Gasteiger partial charge in [-0.3, -0.25) is 0 Å². The summed E-state index contributed by atoms with van der Waals surface area (Å²) in [5, 5.41) is 32.8. The minimum Gasteiger partial charge on any atom is -0.394 e. The lowest BCUT2D eigenvalue weighted by molar-refractivity contribution is -0.0718. The first-order valence-electron chi connectivity index (χ1n) is 6.54.